The van der Waals surface area contributed by atoms with Crippen LogP contribution in [0.1, 0.15) is 48.4 Å². The molecule has 0 saturated carbocycles. The number of nitrogens with one attached hydrogen (secondary N) is 1. The van der Waals surface area contributed by atoms with Gasteiger partial charge in [-0.25, -0.2) is 4.98 Å². The van der Waals surface area contributed by atoms with Gasteiger partial charge in [-0.05, 0) is 44.4 Å². The summed E-state index contributed by atoms with van der Waals surface area (Å²) < 4.78 is 2.18. The Hall–Kier alpha value is -3.48. The molecule has 0 spiro atoms. The molecule has 2 bridgehead atoms. The highest BCUT2D eigenvalue weighted by atomic mass is 16.2. The summed E-state index contributed by atoms with van der Waals surface area (Å²) in [5.41, 5.74) is 3.37. The van der Waals surface area contributed by atoms with Crippen LogP contribution in [0.5, 0.6) is 0 Å². The number of carbonyl (C=O) groups excluding carboxylic acids is 2. The molecule has 1 saturated heterocycles. The second-order valence-corrected chi connectivity index (χ2v) is 9.26. The Bertz CT molecular complexity index is 1160. The normalized spacial score (nSPS) is 19.3. The molecule has 7 nitrogen and oxygen atoms in total. The third kappa shape index (κ3) is 4.15. The maximum atomic E-state index is 13.4. The van der Waals surface area contributed by atoms with Gasteiger partial charge in [0.15, 0.2) is 0 Å². The van der Waals surface area contributed by atoms with Crippen LogP contribution in [-0.2, 0) is 24.2 Å². The number of hydrogen-bond donors (Lipinski definition) is 1. The van der Waals surface area contributed by atoms with Gasteiger partial charge >= 0.3 is 0 Å². The topological polar surface area (TPSA) is 80.1 Å². The van der Waals surface area contributed by atoms with Crippen LogP contribution in [0, 0.1) is 0 Å². The van der Waals surface area contributed by atoms with Crippen LogP contribution in [0.2, 0.25) is 0 Å². The Morgan fingerprint density at radius 2 is 1.79 bits per heavy atom. The van der Waals surface area contributed by atoms with Crippen molar-refractivity contribution >= 4 is 11.8 Å². The smallest absolute Gasteiger partial charge is 0.271 e. The van der Waals surface area contributed by atoms with Crippen LogP contribution < -0.4 is 5.32 Å². The molecule has 0 unspecified atom stereocenters. The molecule has 5 rings (SSSR count). The number of nitrogens with zero attached hydrogens (tertiary/aromatic N) is 4. The third-order valence-electron chi connectivity index (χ3n) is 6.57. The van der Waals surface area contributed by atoms with Crippen molar-refractivity contribution in [3.8, 4) is 11.4 Å². The van der Waals surface area contributed by atoms with Crippen molar-refractivity contribution < 1.29 is 9.59 Å². The van der Waals surface area contributed by atoms with Gasteiger partial charge in [-0.1, -0.05) is 30.3 Å². The number of aromatic nitrogens is 3. The number of hydrogen-bond acceptors (Lipinski definition) is 4. The van der Waals surface area contributed by atoms with Crippen LogP contribution in [0.3, 0.4) is 0 Å². The van der Waals surface area contributed by atoms with E-state index < -0.39 is 0 Å². The second kappa shape index (κ2) is 8.81. The summed E-state index contributed by atoms with van der Waals surface area (Å²) in [5, 5.41) is 3.00. The monoisotopic (exact) mass is 443 g/mol. The molecule has 1 aromatic carbocycles. The molecule has 2 amide bonds. The van der Waals surface area contributed by atoms with E-state index in [1.165, 1.54) is 0 Å². The minimum atomic E-state index is -0.150. The van der Waals surface area contributed by atoms with Crippen molar-refractivity contribution in [1.29, 1.82) is 0 Å². The average Bonchev–Trinajstić information content (AvgIpc) is 3.30. The molecule has 0 aliphatic carbocycles. The molecule has 2 aliphatic rings. The fourth-order valence-corrected chi connectivity index (χ4v) is 5.16. The third-order valence-corrected chi connectivity index (χ3v) is 6.57. The van der Waals surface area contributed by atoms with E-state index in [1.54, 1.807) is 12.4 Å². The lowest BCUT2D eigenvalue weighted by molar-refractivity contribution is -0.133. The molecule has 2 aliphatic heterocycles. The standard InChI is InChI=1S/C26H29N5O2/c1-17(2)28-26(33)24-22-15-20-8-9-21(31(20)23(32)14-18-10-12-27-13-11-18)16-30(22)25(29-24)19-6-4-3-5-7-19/h3-7,10-13,17,20-21H,8-9,14-16H2,1-2H3,(H,28,33)/t20-,21+/m0/s1. The SMILES string of the molecule is CC(C)NC(=O)c1nc(-c2ccccc2)n2c1C[C@@H]1CC[C@H](C2)N1C(=O)Cc1ccncc1. The maximum absolute atomic E-state index is 13.4. The molecule has 2 atom stereocenters. The number of pyridine rings is 1. The first-order chi connectivity index (χ1) is 16.0. The number of amides is 2. The Kier molecular flexibility index (Phi) is 5.70. The molecule has 0 radical (unpaired) electrons. The summed E-state index contributed by atoms with van der Waals surface area (Å²) in [5.74, 6) is 0.791. The molecule has 1 fully saturated rings. The predicted molar refractivity (Wildman–Crippen MR) is 126 cm³/mol. The first-order valence-electron chi connectivity index (χ1n) is 11.7. The summed E-state index contributed by atoms with van der Waals surface area (Å²) in [4.78, 5) is 37.4. The van der Waals surface area contributed by atoms with Gasteiger partial charge in [-0.2, -0.15) is 0 Å². The highest BCUT2D eigenvalue weighted by Crippen LogP contribution is 2.36. The first kappa shape index (κ1) is 21.4. The molecular formula is C26H29N5O2. The Morgan fingerprint density at radius 3 is 2.52 bits per heavy atom. The quantitative estimate of drug-likeness (QED) is 0.657. The van der Waals surface area contributed by atoms with Gasteiger partial charge in [0, 0.05) is 43.0 Å². The van der Waals surface area contributed by atoms with Crippen molar-refractivity contribution in [3.05, 3.63) is 71.8 Å². The van der Waals surface area contributed by atoms with Gasteiger partial charge in [0.1, 0.15) is 11.5 Å². The lowest BCUT2D eigenvalue weighted by atomic mass is 10.0. The van der Waals surface area contributed by atoms with Crippen molar-refractivity contribution in [1.82, 2.24) is 24.8 Å². The summed E-state index contributed by atoms with van der Waals surface area (Å²) in [6.45, 7) is 4.55. The molecule has 1 N–H and O–H groups in total. The minimum absolute atomic E-state index is 0.0238. The van der Waals surface area contributed by atoms with E-state index in [2.05, 4.69) is 19.8 Å². The fraction of sp³-hybridized carbons (Fsp3) is 0.385. The van der Waals surface area contributed by atoms with Gasteiger partial charge in [0.2, 0.25) is 5.91 Å². The minimum Gasteiger partial charge on any atom is -0.348 e. The zero-order valence-corrected chi connectivity index (χ0v) is 19.1. The summed E-state index contributed by atoms with van der Waals surface area (Å²) in [6, 6.07) is 14.0. The Labute approximate surface area is 193 Å². The molecule has 170 valence electrons. The first-order valence-corrected chi connectivity index (χ1v) is 11.7. The van der Waals surface area contributed by atoms with Crippen LogP contribution in [0.25, 0.3) is 11.4 Å². The van der Waals surface area contributed by atoms with E-state index >= 15 is 0 Å². The molecule has 3 aromatic rings. The van der Waals surface area contributed by atoms with Crippen LogP contribution in [-0.4, -0.2) is 49.4 Å². The second-order valence-electron chi connectivity index (χ2n) is 9.26. The molecule has 33 heavy (non-hydrogen) atoms. The van der Waals surface area contributed by atoms with Crippen LogP contribution in [0.15, 0.2) is 54.9 Å². The van der Waals surface area contributed by atoms with Crippen molar-refractivity contribution in [2.45, 2.75) is 64.2 Å². The Morgan fingerprint density at radius 1 is 1.06 bits per heavy atom. The van der Waals surface area contributed by atoms with Gasteiger partial charge < -0.3 is 14.8 Å². The largest absolute Gasteiger partial charge is 0.348 e. The molecule has 2 aromatic heterocycles. The lowest BCUT2D eigenvalue weighted by Gasteiger charge is -2.28. The van der Waals surface area contributed by atoms with Gasteiger partial charge in [-0.3, -0.25) is 14.6 Å². The van der Waals surface area contributed by atoms with E-state index in [-0.39, 0.29) is 29.9 Å². The number of imidazole rings is 1. The van der Waals surface area contributed by atoms with Crippen LogP contribution >= 0.6 is 0 Å². The number of fused-ring (bicyclic) bond motifs is 3. The average molecular weight is 444 g/mol. The van der Waals surface area contributed by atoms with E-state index in [4.69, 9.17) is 4.98 Å². The number of benzene rings is 1. The summed E-state index contributed by atoms with van der Waals surface area (Å²) in [6.07, 6.45) is 6.37. The molecule has 4 heterocycles. The fourth-order valence-electron chi connectivity index (χ4n) is 5.16. The Balaban J connectivity index is 1.51. The predicted octanol–water partition coefficient (Wildman–Crippen LogP) is 3.24. The van der Waals surface area contributed by atoms with E-state index in [1.807, 2.05) is 56.3 Å². The van der Waals surface area contributed by atoms with Gasteiger partial charge in [0.25, 0.3) is 5.91 Å². The maximum Gasteiger partial charge on any atom is 0.271 e. The lowest BCUT2D eigenvalue weighted by Crippen LogP contribution is -2.43. The molecule has 7 heteroatoms. The summed E-state index contributed by atoms with van der Waals surface area (Å²) >= 11 is 0. The zero-order chi connectivity index (χ0) is 22.9. The van der Waals surface area contributed by atoms with Crippen LogP contribution in [0.4, 0.5) is 0 Å². The zero-order valence-electron chi connectivity index (χ0n) is 19.1. The highest BCUT2D eigenvalue weighted by Gasteiger charge is 2.42. The van der Waals surface area contributed by atoms with Crippen molar-refractivity contribution in [2.24, 2.45) is 0 Å². The number of rotatable bonds is 5. The van der Waals surface area contributed by atoms with E-state index in [0.717, 1.165) is 35.5 Å². The van der Waals surface area contributed by atoms with E-state index in [9.17, 15) is 9.59 Å². The molecular weight excluding hydrogens is 414 g/mol. The highest BCUT2D eigenvalue weighted by molar-refractivity contribution is 5.94. The van der Waals surface area contributed by atoms with E-state index in [0.29, 0.717) is 25.1 Å². The number of carbonyl (C=O) groups is 2. The van der Waals surface area contributed by atoms with Crippen molar-refractivity contribution in [3.63, 3.8) is 0 Å². The van der Waals surface area contributed by atoms with Gasteiger partial charge in [-0.15, -0.1) is 0 Å². The van der Waals surface area contributed by atoms with Gasteiger partial charge in [0.05, 0.1) is 18.2 Å². The van der Waals surface area contributed by atoms with Crippen molar-refractivity contribution in [2.75, 3.05) is 0 Å². The summed E-state index contributed by atoms with van der Waals surface area (Å²) in [7, 11) is 0.